The fourth-order valence-electron chi connectivity index (χ4n) is 2.18. The van der Waals surface area contributed by atoms with E-state index in [4.69, 9.17) is 16.2 Å². The molecule has 1 aromatic rings. The maximum atomic E-state index is 11.4. The van der Waals surface area contributed by atoms with Gasteiger partial charge in [-0.2, -0.15) is 0 Å². The molecule has 1 aliphatic rings. The highest BCUT2D eigenvalue weighted by molar-refractivity contribution is 5.99. The van der Waals surface area contributed by atoms with Gasteiger partial charge in [0.2, 0.25) is 0 Å². The molecule has 0 radical (unpaired) electrons. The van der Waals surface area contributed by atoms with E-state index < -0.39 is 5.91 Å². The number of nitrogens with two attached hydrogens (primary N) is 2. The normalized spacial score (nSPS) is 27.1. The quantitative estimate of drug-likeness (QED) is 0.705. The molecule has 0 aromatic heterocycles. The van der Waals surface area contributed by atoms with Gasteiger partial charge in [0.15, 0.2) is 0 Å². The molecule has 0 spiro atoms. The molecule has 0 saturated carbocycles. The Bertz CT molecular complexity index is 475. The van der Waals surface area contributed by atoms with Crippen LogP contribution >= 0.6 is 0 Å². The molecule has 1 fully saturated rings. The largest absolute Gasteiger partial charge is 0.399 e. The molecular weight excluding hydrogens is 230 g/mol. The highest BCUT2D eigenvalue weighted by Gasteiger charge is 2.37. The minimum atomic E-state index is -0.486. The van der Waals surface area contributed by atoms with Crippen LogP contribution in [-0.2, 0) is 4.74 Å². The molecule has 1 saturated heterocycles. The van der Waals surface area contributed by atoms with Gasteiger partial charge in [0.05, 0.1) is 17.2 Å². The highest BCUT2D eigenvalue weighted by atomic mass is 16.5. The van der Waals surface area contributed by atoms with Gasteiger partial charge in [0.1, 0.15) is 0 Å². The summed E-state index contributed by atoms with van der Waals surface area (Å²) in [6.45, 7) is 4.80. The Morgan fingerprint density at radius 1 is 1.56 bits per heavy atom. The summed E-state index contributed by atoms with van der Waals surface area (Å²) in [4.78, 5) is 11.4. The molecular formula is C13H19N3O2. The lowest BCUT2D eigenvalue weighted by molar-refractivity contribution is 0.0997. The van der Waals surface area contributed by atoms with Crippen LogP contribution in [-0.4, -0.2) is 24.2 Å². The maximum Gasteiger partial charge on any atom is 0.250 e. The molecule has 2 atom stereocenters. The molecule has 5 N–H and O–H groups in total. The molecule has 5 heteroatoms. The summed E-state index contributed by atoms with van der Waals surface area (Å²) in [6, 6.07) is 5.12. The number of nitrogen functional groups attached to an aromatic ring is 1. The van der Waals surface area contributed by atoms with Gasteiger partial charge < -0.3 is 21.5 Å². The van der Waals surface area contributed by atoms with Gasteiger partial charge in [-0.05, 0) is 38.5 Å². The van der Waals surface area contributed by atoms with Crippen molar-refractivity contribution < 1.29 is 9.53 Å². The maximum absolute atomic E-state index is 11.4. The van der Waals surface area contributed by atoms with Crippen LogP contribution in [0.1, 0.15) is 30.6 Å². The predicted molar refractivity (Wildman–Crippen MR) is 71.4 cm³/mol. The lowest BCUT2D eigenvalue weighted by Gasteiger charge is -2.31. The van der Waals surface area contributed by atoms with Crippen LogP contribution in [0.3, 0.4) is 0 Å². The van der Waals surface area contributed by atoms with E-state index in [9.17, 15) is 4.79 Å². The molecule has 2 unspecified atom stereocenters. The van der Waals surface area contributed by atoms with E-state index in [1.54, 1.807) is 18.2 Å². The van der Waals surface area contributed by atoms with Gasteiger partial charge in [0.25, 0.3) is 5.91 Å². The standard InChI is InChI=1S/C13H19N3O2/c1-8-13(2,5-6-18-8)16-11-4-3-9(14)7-10(11)12(15)17/h3-4,7-8,16H,5-6,14H2,1-2H3,(H2,15,17). The second-order valence-corrected chi connectivity index (χ2v) is 4.97. The summed E-state index contributed by atoms with van der Waals surface area (Å²) in [5.74, 6) is -0.486. The number of anilines is 2. The molecule has 1 aliphatic heterocycles. The Labute approximate surface area is 106 Å². The Kier molecular flexibility index (Phi) is 3.17. The Morgan fingerprint density at radius 3 is 2.83 bits per heavy atom. The SMILES string of the molecule is CC1OCCC1(C)Nc1ccc(N)cc1C(N)=O. The Morgan fingerprint density at radius 2 is 2.28 bits per heavy atom. The zero-order chi connectivity index (χ0) is 13.3. The predicted octanol–water partition coefficient (Wildman–Crippen LogP) is 1.35. The zero-order valence-electron chi connectivity index (χ0n) is 10.7. The third kappa shape index (κ3) is 2.26. The van der Waals surface area contributed by atoms with Crippen LogP contribution in [0.5, 0.6) is 0 Å². The number of carbonyl (C=O) groups is 1. The van der Waals surface area contributed by atoms with E-state index >= 15 is 0 Å². The first-order valence-corrected chi connectivity index (χ1v) is 6.01. The number of amides is 1. The summed E-state index contributed by atoms with van der Waals surface area (Å²) < 4.78 is 5.56. The van der Waals surface area contributed by atoms with Crippen molar-refractivity contribution in [1.82, 2.24) is 0 Å². The molecule has 2 rings (SSSR count). The number of carbonyl (C=O) groups excluding carboxylic acids is 1. The van der Waals surface area contributed by atoms with E-state index in [1.807, 2.05) is 6.92 Å². The van der Waals surface area contributed by atoms with Crippen molar-refractivity contribution in [3.05, 3.63) is 23.8 Å². The molecule has 1 amide bonds. The average Bonchev–Trinajstić information content (AvgIpc) is 2.61. The Balaban J connectivity index is 2.31. The molecule has 98 valence electrons. The van der Waals surface area contributed by atoms with Gasteiger partial charge in [-0.25, -0.2) is 0 Å². The van der Waals surface area contributed by atoms with Crippen molar-refractivity contribution in [2.75, 3.05) is 17.7 Å². The van der Waals surface area contributed by atoms with Crippen LogP contribution in [0.2, 0.25) is 0 Å². The number of hydrogen-bond donors (Lipinski definition) is 3. The Hall–Kier alpha value is -1.75. The fourth-order valence-corrected chi connectivity index (χ4v) is 2.18. The van der Waals surface area contributed by atoms with E-state index in [0.29, 0.717) is 23.5 Å². The van der Waals surface area contributed by atoms with Gasteiger partial charge in [-0.3, -0.25) is 4.79 Å². The third-order valence-electron chi connectivity index (χ3n) is 3.62. The van der Waals surface area contributed by atoms with E-state index in [2.05, 4.69) is 12.2 Å². The van der Waals surface area contributed by atoms with Gasteiger partial charge in [0, 0.05) is 18.0 Å². The molecule has 5 nitrogen and oxygen atoms in total. The van der Waals surface area contributed by atoms with Gasteiger partial charge in [-0.1, -0.05) is 0 Å². The van der Waals surface area contributed by atoms with Crippen LogP contribution in [0.25, 0.3) is 0 Å². The summed E-state index contributed by atoms with van der Waals surface area (Å²) in [5, 5.41) is 3.36. The highest BCUT2D eigenvalue weighted by Crippen LogP contribution is 2.31. The first-order valence-electron chi connectivity index (χ1n) is 6.01. The van der Waals surface area contributed by atoms with Crippen molar-refractivity contribution in [3.8, 4) is 0 Å². The van der Waals surface area contributed by atoms with Crippen molar-refractivity contribution >= 4 is 17.3 Å². The molecule has 1 heterocycles. The van der Waals surface area contributed by atoms with Gasteiger partial charge in [-0.15, -0.1) is 0 Å². The number of benzene rings is 1. The third-order valence-corrected chi connectivity index (χ3v) is 3.62. The second kappa shape index (κ2) is 4.49. The number of primary amides is 1. The van der Waals surface area contributed by atoms with Gasteiger partial charge >= 0.3 is 0 Å². The van der Waals surface area contributed by atoms with Crippen LogP contribution in [0, 0.1) is 0 Å². The molecule has 1 aromatic carbocycles. The monoisotopic (exact) mass is 249 g/mol. The lowest BCUT2D eigenvalue weighted by Crippen LogP contribution is -2.41. The van der Waals surface area contributed by atoms with Crippen molar-refractivity contribution in [2.24, 2.45) is 5.73 Å². The van der Waals surface area contributed by atoms with E-state index in [1.165, 1.54) is 0 Å². The fraction of sp³-hybridized carbons (Fsp3) is 0.462. The molecule has 18 heavy (non-hydrogen) atoms. The summed E-state index contributed by atoms with van der Waals surface area (Å²) in [7, 11) is 0. The summed E-state index contributed by atoms with van der Waals surface area (Å²) >= 11 is 0. The molecule has 0 bridgehead atoms. The minimum absolute atomic E-state index is 0.0794. The zero-order valence-corrected chi connectivity index (χ0v) is 10.7. The van der Waals surface area contributed by atoms with E-state index in [0.717, 1.165) is 6.42 Å². The van der Waals surface area contributed by atoms with Crippen molar-refractivity contribution in [3.63, 3.8) is 0 Å². The topological polar surface area (TPSA) is 90.4 Å². The van der Waals surface area contributed by atoms with Crippen LogP contribution < -0.4 is 16.8 Å². The number of hydrogen-bond acceptors (Lipinski definition) is 4. The number of rotatable bonds is 3. The molecule has 0 aliphatic carbocycles. The van der Waals surface area contributed by atoms with Crippen LogP contribution in [0.4, 0.5) is 11.4 Å². The van der Waals surface area contributed by atoms with Crippen molar-refractivity contribution in [2.45, 2.75) is 31.9 Å². The average molecular weight is 249 g/mol. The first kappa shape index (κ1) is 12.7. The lowest BCUT2D eigenvalue weighted by atomic mass is 9.93. The summed E-state index contributed by atoms with van der Waals surface area (Å²) in [6.07, 6.45) is 0.965. The summed E-state index contributed by atoms with van der Waals surface area (Å²) in [5.41, 5.74) is 12.5. The first-order chi connectivity index (χ1) is 8.42. The van der Waals surface area contributed by atoms with E-state index in [-0.39, 0.29) is 11.6 Å². The minimum Gasteiger partial charge on any atom is -0.399 e. The smallest absolute Gasteiger partial charge is 0.250 e. The second-order valence-electron chi connectivity index (χ2n) is 4.97. The number of ether oxygens (including phenoxy) is 1. The van der Waals surface area contributed by atoms with Crippen molar-refractivity contribution in [1.29, 1.82) is 0 Å². The number of nitrogens with one attached hydrogen (secondary N) is 1. The van der Waals surface area contributed by atoms with Crippen LogP contribution in [0.15, 0.2) is 18.2 Å².